The second-order valence-electron chi connectivity index (χ2n) is 6.80. The van der Waals surface area contributed by atoms with Crippen LogP contribution >= 0.6 is 0 Å². The Morgan fingerprint density at radius 2 is 1.58 bits per heavy atom. The second kappa shape index (κ2) is 7.72. The maximum atomic E-state index is 13.1. The summed E-state index contributed by atoms with van der Waals surface area (Å²) in [6.07, 6.45) is 3.28. The van der Waals surface area contributed by atoms with E-state index < -0.39 is 4.92 Å². The summed E-state index contributed by atoms with van der Waals surface area (Å²) in [5.41, 5.74) is 1.09. The number of nitro benzene ring substituents is 1. The first-order chi connectivity index (χ1) is 12.5. The predicted octanol–water partition coefficient (Wildman–Crippen LogP) is 1.89. The first kappa shape index (κ1) is 18.2. The van der Waals surface area contributed by atoms with Gasteiger partial charge in [-0.2, -0.15) is 0 Å². The number of anilines is 1. The molecule has 2 heterocycles. The smallest absolute Gasteiger partial charge is 0.270 e. The Hall–Kier alpha value is -2.64. The van der Waals surface area contributed by atoms with E-state index in [1.165, 1.54) is 25.5 Å². The molecule has 2 amide bonds. The topological polar surface area (TPSA) is 87.0 Å². The molecular weight excluding hydrogens is 336 g/mol. The SMILES string of the molecule is CC(=O)N1CCN(C(=O)c2cc([N+](=O)[O-])ccc2N2CCCCC2)CC1. The third kappa shape index (κ3) is 3.79. The number of benzene rings is 1. The van der Waals surface area contributed by atoms with Crippen LogP contribution in [0.25, 0.3) is 0 Å². The van der Waals surface area contributed by atoms with Gasteiger partial charge in [0.1, 0.15) is 0 Å². The van der Waals surface area contributed by atoms with Gasteiger partial charge in [-0.15, -0.1) is 0 Å². The minimum atomic E-state index is -0.468. The van der Waals surface area contributed by atoms with Crippen molar-refractivity contribution < 1.29 is 14.5 Å². The van der Waals surface area contributed by atoms with Gasteiger partial charge in [0.2, 0.25) is 5.91 Å². The zero-order chi connectivity index (χ0) is 18.7. The maximum absolute atomic E-state index is 13.1. The summed E-state index contributed by atoms with van der Waals surface area (Å²) in [5, 5.41) is 11.2. The molecule has 2 aliphatic rings. The Morgan fingerprint density at radius 1 is 0.962 bits per heavy atom. The quantitative estimate of drug-likeness (QED) is 0.607. The number of nitrogens with zero attached hydrogens (tertiary/aromatic N) is 4. The lowest BCUT2D eigenvalue weighted by atomic mass is 10.0. The predicted molar refractivity (Wildman–Crippen MR) is 97.3 cm³/mol. The van der Waals surface area contributed by atoms with Gasteiger partial charge in [0.25, 0.3) is 11.6 Å². The molecule has 8 heteroatoms. The molecule has 0 atom stereocenters. The minimum absolute atomic E-state index is 0.00135. The molecule has 0 bridgehead atoms. The van der Waals surface area contributed by atoms with Gasteiger partial charge in [-0.3, -0.25) is 19.7 Å². The van der Waals surface area contributed by atoms with Crippen molar-refractivity contribution in [2.75, 3.05) is 44.2 Å². The molecular formula is C18H24N4O4. The average molecular weight is 360 g/mol. The van der Waals surface area contributed by atoms with E-state index in [0.717, 1.165) is 31.6 Å². The van der Waals surface area contributed by atoms with E-state index in [0.29, 0.717) is 31.7 Å². The van der Waals surface area contributed by atoms with Gasteiger partial charge in [0.15, 0.2) is 0 Å². The standard InChI is InChI=1S/C18H24N4O4/c1-14(23)19-9-11-21(12-10-19)18(24)16-13-15(22(25)26)5-6-17(16)20-7-3-2-4-8-20/h5-6,13H,2-4,7-12H2,1H3. The molecule has 0 N–H and O–H groups in total. The van der Waals surface area contributed by atoms with Gasteiger partial charge in [-0.25, -0.2) is 0 Å². The lowest BCUT2D eigenvalue weighted by molar-refractivity contribution is -0.384. The summed E-state index contributed by atoms with van der Waals surface area (Å²) in [7, 11) is 0. The number of non-ortho nitro benzene ring substituents is 1. The number of piperazine rings is 1. The van der Waals surface area contributed by atoms with Crippen LogP contribution in [0, 0.1) is 10.1 Å². The van der Waals surface area contributed by atoms with Crippen LogP contribution in [0.1, 0.15) is 36.5 Å². The van der Waals surface area contributed by atoms with E-state index in [1.807, 2.05) is 0 Å². The van der Waals surface area contributed by atoms with Crippen LogP contribution in [0.5, 0.6) is 0 Å². The van der Waals surface area contributed by atoms with Gasteiger partial charge in [0, 0.05) is 58.3 Å². The molecule has 2 aliphatic heterocycles. The highest BCUT2D eigenvalue weighted by atomic mass is 16.6. The highest BCUT2D eigenvalue weighted by molar-refractivity contribution is 6.00. The Bertz CT molecular complexity index is 707. The van der Waals surface area contributed by atoms with Crippen molar-refractivity contribution in [3.63, 3.8) is 0 Å². The fourth-order valence-corrected chi connectivity index (χ4v) is 3.61. The minimum Gasteiger partial charge on any atom is -0.371 e. The van der Waals surface area contributed by atoms with Crippen molar-refractivity contribution in [1.29, 1.82) is 0 Å². The molecule has 3 rings (SSSR count). The summed E-state index contributed by atoms with van der Waals surface area (Å²) in [5.74, 6) is -0.195. The van der Waals surface area contributed by atoms with Crippen LogP contribution in [0.2, 0.25) is 0 Å². The van der Waals surface area contributed by atoms with Crippen LogP contribution in [0.15, 0.2) is 18.2 Å². The Morgan fingerprint density at radius 3 is 2.15 bits per heavy atom. The third-order valence-electron chi connectivity index (χ3n) is 5.13. The summed E-state index contributed by atoms with van der Waals surface area (Å²) in [4.78, 5) is 40.8. The number of rotatable bonds is 3. The lowest BCUT2D eigenvalue weighted by Crippen LogP contribution is -2.50. The summed E-state index contributed by atoms with van der Waals surface area (Å²) < 4.78 is 0. The van der Waals surface area contributed by atoms with Crippen molar-refractivity contribution in [3.8, 4) is 0 Å². The highest BCUT2D eigenvalue weighted by Crippen LogP contribution is 2.29. The molecule has 140 valence electrons. The number of hydrogen-bond acceptors (Lipinski definition) is 5. The van der Waals surface area contributed by atoms with Crippen LogP contribution in [0.3, 0.4) is 0 Å². The molecule has 2 fully saturated rings. The van der Waals surface area contributed by atoms with E-state index in [9.17, 15) is 19.7 Å². The van der Waals surface area contributed by atoms with Crippen molar-refractivity contribution >= 4 is 23.2 Å². The number of hydrogen-bond donors (Lipinski definition) is 0. The van der Waals surface area contributed by atoms with E-state index in [2.05, 4.69) is 4.90 Å². The molecule has 0 aromatic heterocycles. The molecule has 2 saturated heterocycles. The summed E-state index contributed by atoms with van der Waals surface area (Å²) >= 11 is 0. The van der Waals surface area contributed by atoms with Gasteiger partial charge in [-0.05, 0) is 25.3 Å². The van der Waals surface area contributed by atoms with Gasteiger partial charge < -0.3 is 14.7 Å². The molecule has 26 heavy (non-hydrogen) atoms. The first-order valence-electron chi connectivity index (χ1n) is 9.05. The Balaban J connectivity index is 1.86. The van der Waals surface area contributed by atoms with E-state index in [4.69, 9.17) is 0 Å². The highest BCUT2D eigenvalue weighted by Gasteiger charge is 2.28. The maximum Gasteiger partial charge on any atom is 0.270 e. The largest absolute Gasteiger partial charge is 0.371 e. The van der Waals surface area contributed by atoms with Crippen LogP contribution in [0.4, 0.5) is 11.4 Å². The molecule has 1 aromatic carbocycles. The van der Waals surface area contributed by atoms with Crippen molar-refractivity contribution in [2.45, 2.75) is 26.2 Å². The average Bonchev–Trinajstić information content (AvgIpc) is 2.67. The number of carbonyl (C=O) groups excluding carboxylic acids is 2. The monoisotopic (exact) mass is 360 g/mol. The fraction of sp³-hybridized carbons (Fsp3) is 0.556. The Kier molecular flexibility index (Phi) is 5.39. The zero-order valence-corrected chi connectivity index (χ0v) is 15.0. The van der Waals surface area contributed by atoms with E-state index in [-0.39, 0.29) is 17.5 Å². The van der Waals surface area contributed by atoms with E-state index in [1.54, 1.807) is 15.9 Å². The number of amides is 2. The van der Waals surface area contributed by atoms with Crippen LogP contribution < -0.4 is 4.90 Å². The molecule has 8 nitrogen and oxygen atoms in total. The fourth-order valence-electron chi connectivity index (χ4n) is 3.61. The summed E-state index contributed by atoms with van der Waals surface area (Å²) in [6.45, 7) is 5.12. The van der Waals surface area contributed by atoms with Gasteiger partial charge >= 0.3 is 0 Å². The lowest BCUT2D eigenvalue weighted by Gasteiger charge is -2.35. The molecule has 0 unspecified atom stereocenters. The normalized spacial score (nSPS) is 18.0. The van der Waals surface area contributed by atoms with Gasteiger partial charge in [-0.1, -0.05) is 0 Å². The van der Waals surface area contributed by atoms with E-state index >= 15 is 0 Å². The van der Waals surface area contributed by atoms with Crippen molar-refractivity contribution in [1.82, 2.24) is 9.80 Å². The zero-order valence-electron chi connectivity index (χ0n) is 15.0. The molecule has 0 radical (unpaired) electrons. The van der Waals surface area contributed by atoms with Gasteiger partial charge in [0.05, 0.1) is 16.2 Å². The first-order valence-corrected chi connectivity index (χ1v) is 9.05. The van der Waals surface area contributed by atoms with Crippen molar-refractivity contribution in [3.05, 3.63) is 33.9 Å². The second-order valence-corrected chi connectivity index (χ2v) is 6.80. The van der Waals surface area contributed by atoms with Crippen molar-refractivity contribution in [2.24, 2.45) is 0 Å². The molecule has 1 aromatic rings. The molecule has 0 saturated carbocycles. The number of piperidine rings is 1. The Labute approximate surface area is 152 Å². The van der Waals surface area contributed by atoms with Crippen LogP contribution in [-0.4, -0.2) is 65.8 Å². The number of nitro groups is 1. The molecule has 0 spiro atoms. The molecule has 0 aliphatic carbocycles. The summed E-state index contributed by atoms with van der Waals surface area (Å²) in [6, 6.07) is 4.56. The number of carbonyl (C=O) groups is 2. The third-order valence-corrected chi connectivity index (χ3v) is 5.13. The van der Waals surface area contributed by atoms with Crippen LogP contribution in [-0.2, 0) is 4.79 Å².